The fourth-order valence-corrected chi connectivity index (χ4v) is 3.50. The molecule has 0 aliphatic heterocycles. The molecular weight excluding hydrogens is 316 g/mol. The van der Waals surface area contributed by atoms with Crippen LogP contribution in [0.25, 0.3) is 0 Å². The number of thioether (sulfide) groups is 1. The highest BCUT2D eigenvalue weighted by atomic mass is 32.2. The molecule has 0 aromatic heterocycles. The molecule has 0 saturated heterocycles. The third-order valence-corrected chi connectivity index (χ3v) is 5.27. The summed E-state index contributed by atoms with van der Waals surface area (Å²) in [5.41, 5.74) is 7.41. The van der Waals surface area contributed by atoms with Gasteiger partial charge in [-0.05, 0) is 43.6 Å². The van der Waals surface area contributed by atoms with Crippen LogP contribution in [0.2, 0.25) is 0 Å². The molecule has 0 spiro atoms. The first-order valence-electron chi connectivity index (χ1n) is 9.06. The summed E-state index contributed by atoms with van der Waals surface area (Å²) in [4.78, 5) is 6.02. The fourth-order valence-electron chi connectivity index (χ4n) is 2.95. The average Bonchev–Trinajstić information content (AvgIpc) is 2.57. The van der Waals surface area contributed by atoms with Gasteiger partial charge < -0.3 is 16.4 Å². The normalized spacial score (nSPS) is 21.8. The van der Waals surface area contributed by atoms with Gasteiger partial charge >= 0.3 is 0 Å². The first kappa shape index (κ1) is 19.1. The van der Waals surface area contributed by atoms with Crippen LogP contribution in [0.15, 0.2) is 34.2 Å². The predicted octanol–water partition coefficient (Wildman–Crippen LogP) is 4.08. The smallest absolute Gasteiger partial charge is 0.196 e. The van der Waals surface area contributed by atoms with Crippen molar-refractivity contribution in [3.05, 3.63) is 24.3 Å². The molecule has 0 radical (unpaired) electrons. The van der Waals surface area contributed by atoms with Gasteiger partial charge in [-0.25, -0.2) is 0 Å². The predicted molar refractivity (Wildman–Crippen MR) is 107 cm³/mol. The minimum absolute atomic E-state index is 0.214. The SMILES string of the molecule is CSc1ccccc1NC(=NCCC(C)C)N[C@H]1CCCC[C@@H]1N. The van der Waals surface area contributed by atoms with Gasteiger partial charge in [0, 0.05) is 23.5 Å². The minimum atomic E-state index is 0.214. The van der Waals surface area contributed by atoms with Gasteiger partial charge in [0.05, 0.1) is 5.69 Å². The van der Waals surface area contributed by atoms with E-state index in [9.17, 15) is 0 Å². The van der Waals surface area contributed by atoms with Crippen molar-refractivity contribution in [2.24, 2.45) is 16.6 Å². The summed E-state index contributed by atoms with van der Waals surface area (Å²) < 4.78 is 0. The summed E-state index contributed by atoms with van der Waals surface area (Å²) in [6, 6.07) is 8.88. The van der Waals surface area contributed by atoms with Crippen molar-refractivity contribution in [3.63, 3.8) is 0 Å². The van der Waals surface area contributed by atoms with E-state index in [1.807, 2.05) is 0 Å². The number of guanidine groups is 1. The number of nitrogens with two attached hydrogens (primary N) is 1. The van der Waals surface area contributed by atoms with Crippen LogP contribution in [-0.2, 0) is 0 Å². The second-order valence-corrected chi connectivity index (χ2v) is 7.79. The molecule has 1 aliphatic carbocycles. The number of para-hydroxylation sites is 1. The number of anilines is 1. The standard InChI is InChI=1S/C19H32N4S/c1-14(2)12-13-21-19(22-16-9-5-4-8-15(16)20)23-17-10-6-7-11-18(17)24-3/h6-7,10-11,14-16H,4-5,8-9,12-13,20H2,1-3H3,(H2,21,22,23)/t15-,16-/m0/s1. The van der Waals surface area contributed by atoms with Crippen molar-refractivity contribution in [1.82, 2.24) is 5.32 Å². The van der Waals surface area contributed by atoms with Gasteiger partial charge in [0.15, 0.2) is 5.96 Å². The van der Waals surface area contributed by atoms with Crippen molar-refractivity contribution < 1.29 is 0 Å². The molecule has 0 unspecified atom stereocenters. The van der Waals surface area contributed by atoms with Crippen LogP contribution in [0.5, 0.6) is 0 Å². The highest BCUT2D eigenvalue weighted by molar-refractivity contribution is 7.98. The average molecular weight is 349 g/mol. The van der Waals surface area contributed by atoms with Crippen molar-refractivity contribution in [3.8, 4) is 0 Å². The van der Waals surface area contributed by atoms with E-state index in [1.54, 1.807) is 11.8 Å². The lowest BCUT2D eigenvalue weighted by Crippen LogP contribution is -2.51. The summed E-state index contributed by atoms with van der Waals surface area (Å²) in [6.07, 6.45) is 7.89. The monoisotopic (exact) mass is 348 g/mol. The largest absolute Gasteiger partial charge is 0.352 e. The Bertz CT molecular complexity index is 530. The van der Waals surface area contributed by atoms with E-state index in [-0.39, 0.29) is 6.04 Å². The lowest BCUT2D eigenvalue weighted by molar-refractivity contribution is 0.360. The van der Waals surface area contributed by atoms with Crippen molar-refractivity contribution in [2.45, 2.75) is 62.9 Å². The van der Waals surface area contributed by atoms with Gasteiger partial charge in [0.1, 0.15) is 0 Å². The Labute approximate surface area is 151 Å². The minimum Gasteiger partial charge on any atom is -0.352 e. The number of nitrogens with zero attached hydrogens (tertiary/aromatic N) is 1. The topological polar surface area (TPSA) is 62.4 Å². The van der Waals surface area contributed by atoms with Crippen molar-refractivity contribution in [1.29, 1.82) is 0 Å². The molecule has 1 aliphatic rings. The molecule has 4 N–H and O–H groups in total. The van der Waals surface area contributed by atoms with E-state index in [4.69, 9.17) is 10.7 Å². The molecule has 0 bridgehead atoms. The van der Waals surface area contributed by atoms with E-state index < -0.39 is 0 Å². The molecule has 5 heteroatoms. The summed E-state index contributed by atoms with van der Waals surface area (Å²) in [7, 11) is 0. The van der Waals surface area contributed by atoms with E-state index in [0.717, 1.165) is 37.5 Å². The molecule has 1 fully saturated rings. The summed E-state index contributed by atoms with van der Waals surface area (Å²) in [5.74, 6) is 1.52. The number of nitrogens with one attached hydrogen (secondary N) is 2. The van der Waals surface area contributed by atoms with Gasteiger partial charge in [-0.3, -0.25) is 4.99 Å². The lowest BCUT2D eigenvalue weighted by atomic mass is 9.91. The van der Waals surface area contributed by atoms with E-state index in [0.29, 0.717) is 12.0 Å². The first-order chi connectivity index (χ1) is 11.6. The van der Waals surface area contributed by atoms with E-state index in [1.165, 1.54) is 17.7 Å². The highest BCUT2D eigenvalue weighted by Crippen LogP contribution is 2.25. The maximum Gasteiger partial charge on any atom is 0.196 e. The van der Waals surface area contributed by atoms with Crippen LogP contribution in [0.1, 0.15) is 46.0 Å². The summed E-state index contributed by atoms with van der Waals surface area (Å²) in [5, 5.41) is 7.09. The van der Waals surface area contributed by atoms with Gasteiger partial charge in [-0.2, -0.15) is 0 Å². The van der Waals surface area contributed by atoms with Gasteiger partial charge in [-0.1, -0.05) is 38.8 Å². The molecule has 134 valence electrons. The molecule has 2 atom stereocenters. The Morgan fingerprint density at radius 2 is 2.04 bits per heavy atom. The molecule has 0 heterocycles. The molecule has 2 rings (SSSR count). The molecule has 4 nitrogen and oxygen atoms in total. The molecular formula is C19H32N4S. The molecule has 24 heavy (non-hydrogen) atoms. The molecule has 0 amide bonds. The Morgan fingerprint density at radius 3 is 2.75 bits per heavy atom. The third-order valence-electron chi connectivity index (χ3n) is 4.48. The van der Waals surface area contributed by atoms with Crippen molar-refractivity contribution in [2.75, 3.05) is 18.1 Å². The number of aliphatic imine (C=N–C) groups is 1. The third kappa shape index (κ3) is 6.02. The number of hydrogen-bond acceptors (Lipinski definition) is 3. The number of benzene rings is 1. The lowest BCUT2D eigenvalue weighted by Gasteiger charge is -2.31. The zero-order valence-corrected chi connectivity index (χ0v) is 16.0. The number of hydrogen-bond donors (Lipinski definition) is 3. The van der Waals surface area contributed by atoms with E-state index >= 15 is 0 Å². The summed E-state index contributed by atoms with van der Waals surface area (Å²) in [6.45, 7) is 5.29. The Morgan fingerprint density at radius 1 is 1.29 bits per heavy atom. The maximum atomic E-state index is 6.30. The second kappa shape index (κ2) is 9.94. The second-order valence-electron chi connectivity index (χ2n) is 6.94. The van der Waals surface area contributed by atoms with Crippen LogP contribution in [0.4, 0.5) is 5.69 Å². The zero-order valence-electron chi connectivity index (χ0n) is 15.2. The Kier molecular flexibility index (Phi) is 7.92. The highest BCUT2D eigenvalue weighted by Gasteiger charge is 2.22. The van der Waals surface area contributed by atoms with E-state index in [2.05, 4.69) is 55.0 Å². The van der Waals surface area contributed by atoms with Crippen LogP contribution in [0, 0.1) is 5.92 Å². The fraction of sp³-hybridized carbons (Fsp3) is 0.632. The first-order valence-corrected chi connectivity index (χ1v) is 10.3. The van der Waals surface area contributed by atoms with Gasteiger partial charge in [0.25, 0.3) is 0 Å². The molecule has 1 saturated carbocycles. The van der Waals surface area contributed by atoms with Crippen LogP contribution in [-0.4, -0.2) is 30.8 Å². The quantitative estimate of drug-likeness (QED) is 0.412. The molecule has 1 aromatic rings. The summed E-state index contributed by atoms with van der Waals surface area (Å²) >= 11 is 1.74. The van der Waals surface area contributed by atoms with Gasteiger partial charge in [0.2, 0.25) is 0 Å². The maximum absolute atomic E-state index is 6.30. The van der Waals surface area contributed by atoms with Crippen molar-refractivity contribution >= 4 is 23.4 Å². The zero-order chi connectivity index (χ0) is 17.4. The Balaban J connectivity index is 2.09. The number of rotatable bonds is 6. The molecule has 1 aromatic carbocycles. The Hall–Kier alpha value is -1.20. The van der Waals surface area contributed by atoms with Gasteiger partial charge in [-0.15, -0.1) is 11.8 Å². The van der Waals surface area contributed by atoms with Crippen LogP contribution >= 0.6 is 11.8 Å². The van der Waals surface area contributed by atoms with Crippen LogP contribution < -0.4 is 16.4 Å². The van der Waals surface area contributed by atoms with Crippen LogP contribution in [0.3, 0.4) is 0 Å².